The summed E-state index contributed by atoms with van der Waals surface area (Å²) in [4.78, 5) is 4.29. The quantitative estimate of drug-likeness (QED) is 0.656. The molecule has 0 radical (unpaired) electrons. The van der Waals surface area contributed by atoms with Crippen molar-refractivity contribution in [2.45, 2.75) is 13.0 Å². The van der Waals surface area contributed by atoms with Crippen LogP contribution in [0.1, 0.15) is 11.1 Å². The highest BCUT2D eigenvalue weighted by molar-refractivity contribution is 6.31. The Morgan fingerprint density at radius 1 is 1.05 bits per heavy atom. The largest absolute Gasteiger partial charge is 0.370 e. The van der Waals surface area contributed by atoms with Crippen LogP contribution in [-0.4, -0.2) is 12.5 Å². The van der Waals surface area contributed by atoms with E-state index in [0.29, 0.717) is 17.5 Å². The molecule has 0 aliphatic rings. The summed E-state index contributed by atoms with van der Waals surface area (Å²) in [5.74, 6) is 0.445. The number of nitrogens with zero attached hydrogens (tertiary/aromatic N) is 1. The molecule has 0 aliphatic heterocycles. The Balaban J connectivity index is 1.79. The Hall–Kier alpha value is -2.00. The van der Waals surface area contributed by atoms with E-state index in [9.17, 15) is 0 Å². The van der Waals surface area contributed by atoms with E-state index in [1.54, 1.807) is 0 Å². The predicted octanol–water partition coefficient (Wildman–Crippen LogP) is 2.99. The van der Waals surface area contributed by atoms with Crippen molar-refractivity contribution in [1.29, 1.82) is 0 Å². The molecule has 0 saturated carbocycles. The third-order valence-electron chi connectivity index (χ3n) is 2.94. The first-order valence-electron chi connectivity index (χ1n) is 6.57. The van der Waals surface area contributed by atoms with Gasteiger partial charge in [0.25, 0.3) is 0 Å². The summed E-state index contributed by atoms with van der Waals surface area (Å²) in [6, 6.07) is 17.9. The van der Waals surface area contributed by atoms with Crippen molar-refractivity contribution in [2.75, 3.05) is 6.54 Å². The highest BCUT2D eigenvalue weighted by atomic mass is 35.5. The summed E-state index contributed by atoms with van der Waals surface area (Å²) < 4.78 is 0. The summed E-state index contributed by atoms with van der Waals surface area (Å²) in [5, 5.41) is 3.82. The van der Waals surface area contributed by atoms with Crippen molar-refractivity contribution in [1.82, 2.24) is 5.32 Å². The zero-order chi connectivity index (χ0) is 14.2. The van der Waals surface area contributed by atoms with Gasteiger partial charge in [-0.15, -0.1) is 0 Å². The number of hydrogen-bond donors (Lipinski definition) is 2. The maximum atomic E-state index is 6.06. The lowest BCUT2D eigenvalue weighted by Gasteiger charge is -2.06. The van der Waals surface area contributed by atoms with Crippen LogP contribution >= 0.6 is 11.6 Å². The number of hydrogen-bond acceptors (Lipinski definition) is 1. The summed E-state index contributed by atoms with van der Waals surface area (Å²) in [6.45, 7) is 1.26. The third kappa shape index (κ3) is 4.59. The molecule has 0 bridgehead atoms. The van der Waals surface area contributed by atoms with E-state index in [1.165, 1.54) is 5.56 Å². The molecule has 2 aromatic rings. The number of rotatable bonds is 5. The Labute approximate surface area is 124 Å². The molecule has 0 aliphatic carbocycles. The van der Waals surface area contributed by atoms with Crippen molar-refractivity contribution in [3.05, 3.63) is 70.7 Å². The zero-order valence-corrected chi connectivity index (χ0v) is 12.0. The van der Waals surface area contributed by atoms with Gasteiger partial charge in [0, 0.05) is 11.6 Å². The van der Waals surface area contributed by atoms with Crippen molar-refractivity contribution < 1.29 is 0 Å². The Morgan fingerprint density at radius 3 is 2.50 bits per heavy atom. The number of nitrogens with two attached hydrogens (primary N) is 1. The van der Waals surface area contributed by atoms with Crippen molar-refractivity contribution in [3.63, 3.8) is 0 Å². The van der Waals surface area contributed by atoms with Gasteiger partial charge in [-0.3, -0.25) is 0 Å². The maximum absolute atomic E-state index is 6.06. The average molecular weight is 288 g/mol. The van der Waals surface area contributed by atoms with Gasteiger partial charge in [0.15, 0.2) is 5.96 Å². The highest BCUT2D eigenvalue weighted by Gasteiger charge is 1.98. The minimum absolute atomic E-state index is 0.445. The fraction of sp³-hybridized carbons (Fsp3) is 0.188. The molecule has 0 atom stereocenters. The van der Waals surface area contributed by atoms with Gasteiger partial charge < -0.3 is 11.1 Å². The predicted molar refractivity (Wildman–Crippen MR) is 84.9 cm³/mol. The number of benzene rings is 2. The second-order valence-corrected chi connectivity index (χ2v) is 4.86. The van der Waals surface area contributed by atoms with Crippen LogP contribution in [0.15, 0.2) is 59.6 Å². The van der Waals surface area contributed by atoms with Crippen LogP contribution in [-0.2, 0) is 13.0 Å². The molecular weight excluding hydrogens is 270 g/mol. The molecule has 0 unspecified atom stereocenters. The molecule has 0 spiro atoms. The Morgan fingerprint density at radius 2 is 1.75 bits per heavy atom. The smallest absolute Gasteiger partial charge is 0.188 e. The molecular formula is C16H18ClN3. The van der Waals surface area contributed by atoms with E-state index in [4.69, 9.17) is 17.3 Å². The molecule has 0 aromatic heterocycles. The van der Waals surface area contributed by atoms with E-state index in [0.717, 1.165) is 18.5 Å². The standard InChI is InChI=1S/C16H18ClN3/c17-15-9-5-4-8-14(15)12-20-16(18)19-11-10-13-6-2-1-3-7-13/h1-9H,10-12H2,(H3,18,19,20). The molecule has 0 fully saturated rings. The number of nitrogens with one attached hydrogen (secondary N) is 1. The van der Waals surface area contributed by atoms with Gasteiger partial charge in [-0.25, -0.2) is 4.99 Å². The Bertz CT molecular complexity index is 567. The van der Waals surface area contributed by atoms with Gasteiger partial charge in [-0.05, 0) is 23.6 Å². The van der Waals surface area contributed by atoms with Gasteiger partial charge in [-0.1, -0.05) is 60.1 Å². The van der Waals surface area contributed by atoms with Gasteiger partial charge in [0.2, 0.25) is 0 Å². The van der Waals surface area contributed by atoms with E-state index >= 15 is 0 Å². The van der Waals surface area contributed by atoms with E-state index < -0.39 is 0 Å². The lowest BCUT2D eigenvalue weighted by Crippen LogP contribution is -2.33. The number of guanidine groups is 1. The van der Waals surface area contributed by atoms with Crippen LogP contribution in [0.25, 0.3) is 0 Å². The molecule has 3 N–H and O–H groups in total. The summed E-state index contributed by atoms with van der Waals surface area (Å²) in [5.41, 5.74) is 8.08. The van der Waals surface area contributed by atoms with Gasteiger partial charge >= 0.3 is 0 Å². The minimum atomic E-state index is 0.445. The van der Waals surface area contributed by atoms with Gasteiger partial charge in [0.1, 0.15) is 0 Å². The molecule has 0 heterocycles. The molecule has 2 rings (SSSR count). The lowest BCUT2D eigenvalue weighted by atomic mass is 10.1. The van der Waals surface area contributed by atoms with Crippen LogP contribution < -0.4 is 11.1 Å². The fourth-order valence-electron chi connectivity index (χ4n) is 1.83. The zero-order valence-electron chi connectivity index (χ0n) is 11.2. The first-order valence-corrected chi connectivity index (χ1v) is 6.94. The molecule has 0 saturated heterocycles. The van der Waals surface area contributed by atoms with Crippen LogP contribution in [0.5, 0.6) is 0 Å². The normalized spacial score (nSPS) is 11.3. The fourth-order valence-corrected chi connectivity index (χ4v) is 2.03. The number of aliphatic imine (C=N–C) groups is 1. The molecule has 20 heavy (non-hydrogen) atoms. The summed E-state index contributed by atoms with van der Waals surface area (Å²) in [6.07, 6.45) is 0.920. The lowest BCUT2D eigenvalue weighted by molar-refractivity contribution is 0.848. The van der Waals surface area contributed by atoms with Crippen molar-refractivity contribution in [2.24, 2.45) is 10.7 Å². The van der Waals surface area contributed by atoms with E-state index in [1.807, 2.05) is 42.5 Å². The molecule has 104 valence electrons. The second-order valence-electron chi connectivity index (χ2n) is 4.46. The molecule has 4 heteroatoms. The monoisotopic (exact) mass is 287 g/mol. The first-order chi connectivity index (χ1) is 9.75. The SMILES string of the molecule is NC(=NCc1ccccc1Cl)NCCc1ccccc1. The summed E-state index contributed by atoms with van der Waals surface area (Å²) >= 11 is 6.06. The topological polar surface area (TPSA) is 50.4 Å². The average Bonchev–Trinajstić information content (AvgIpc) is 2.47. The molecule has 3 nitrogen and oxygen atoms in total. The van der Waals surface area contributed by atoms with Crippen LogP contribution in [0.2, 0.25) is 5.02 Å². The molecule has 2 aromatic carbocycles. The highest BCUT2D eigenvalue weighted by Crippen LogP contribution is 2.15. The van der Waals surface area contributed by atoms with Crippen molar-refractivity contribution >= 4 is 17.6 Å². The third-order valence-corrected chi connectivity index (χ3v) is 3.31. The van der Waals surface area contributed by atoms with Crippen LogP contribution in [0.4, 0.5) is 0 Å². The van der Waals surface area contributed by atoms with Crippen LogP contribution in [0, 0.1) is 0 Å². The maximum Gasteiger partial charge on any atom is 0.188 e. The first kappa shape index (κ1) is 14.4. The van der Waals surface area contributed by atoms with Crippen molar-refractivity contribution in [3.8, 4) is 0 Å². The van der Waals surface area contributed by atoms with Crippen LogP contribution in [0.3, 0.4) is 0 Å². The van der Waals surface area contributed by atoms with E-state index in [-0.39, 0.29) is 0 Å². The molecule has 0 amide bonds. The Kier molecular flexibility index (Phi) is 5.44. The summed E-state index contributed by atoms with van der Waals surface area (Å²) in [7, 11) is 0. The number of halogens is 1. The van der Waals surface area contributed by atoms with Gasteiger partial charge in [-0.2, -0.15) is 0 Å². The van der Waals surface area contributed by atoms with Gasteiger partial charge in [0.05, 0.1) is 6.54 Å². The second kappa shape index (κ2) is 7.56. The van der Waals surface area contributed by atoms with E-state index in [2.05, 4.69) is 22.4 Å². The minimum Gasteiger partial charge on any atom is -0.370 e.